The van der Waals surface area contributed by atoms with Crippen molar-refractivity contribution in [1.29, 1.82) is 5.26 Å². The molecule has 1 saturated carbocycles. The van der Waals surface area contributed by atoms with Crippen molar-refractivity contribution in [3.63, 3.8) is 0 Å². The van der Waals surface area contributed by atoms with Gasteiger partial charge in [-0.3, -0.25) is 0 Å². The monoisotopic (exact) mass is 752 g/mol. The minimum Gasteiger partial charge on any atom is -0.508 e. The minimum absolute atomic E-state index is 0.0726. The third-order valence-electron chi connectivity index (χ3n) is 11.4. The maximum absolute atomic E-state index is 10.5. The molecule has 54 heavy (non-hydrogen) atoms. The van der Waals surface area contributed by atoms with Crippen molar-refractivity contribution in [2.75, 3.05) is 5.75 Å². The predicted octanol–water partition coefficient (Wildman–Crippen LogP) is 14.9. The fourth-order valence-electron chi connectivity index (χ4n) is 7.91. The van der Waals surface area contributed by atoms with Gasteiger partial charge in [-0.2, -0.15) is 17.0 Å². The van der Waals surface area contributed by atoms with Crippen LogP contribution in [-0.2, 0) is 6.42 Å². The van der Waals surface area contributed by atoms with Crippen LogP contribution >= 0.6 is 11.8 Å². The SMILES string of the molecule is CC.CC1=C(O)C(Cc2c(C)cc(C)cc2C)=CC(C(C)(C)C)C1.Cc1ccc(OC2=C(C#N)C(CSC3CCCCCC3)CC(C(C)(C)C)=C2)c(C)c1. The van der Waals surface area contributed by atoms with Crippen LogP contribution < -0.4 is 4.74 Å². The Kier molecular flexibility index (Phi) is 16.9. The molecule has 3 nitrogen and oxygen atoms in total. The molecule has 0 aromatic heterocycles. The van der Waals surface area contributed by atoms with E-state index in [1.807, 2.05) is 19.9 Å². The largest absolute Gasteiger partial charge is 0.508 e. The number of benzene rings is 2. The van der Waals surface area contributed by atoms with Crippen LogP contribution in [0.25, 0.3) is 0 Å². The molecular weight excluding hydrogens is 679 g/mol. The lowest BCUT2D eigenvalue weighted by Gasteiger charge is -2.33. The Morgan fingerprint density at radius 1 is 0.815 bits per heavy atom. The number of aliphatic hydroxyl groups excluding tert-OH is 1. The molecule has 0 amide bonds. The molecule has 2 aromatic carbocycles. The van der Waals surface area contributed by atoms with Gasteiger partial charge in [-0.25, -0.2) is 0 Å². The molecule has 3 aliphatic rings. The summed E-state index contributed by atoms with van der Waals surface area (Å²) in [7, 11) is 0. The Hall–Kier alpha value is -3.16. The first-order chi connectivity index (χ1) is 25.4. The van der Waals surface area contributed by atoms with Crippen LogP contribution in [-0.4, -0.2) is 16.1 Å². The Bertz CT molecular complexity index is 1720. The fraction of sp³-hybridized carbons (Fsp3) is 0.580. The van der Waals surface area contributed by atoms with E-state index >= 15 is 0 Å². The average molecular weight is 752 g/mol. The number of nitriles is 1. The van der Waals surface area contributed by atoms with Gasteiger partial charge in [-0.05, 0) is 130 Å². The molecule has 0 aliphatic heterocycles. The van der Waals surface area contributed by atoms with Crippen molar-refractivity contribution in [2.24, 2.45) is 22.7 Å². The van der Waals surface area contributed by atoms with Crippen LogP contribution in [0.15, 0.2) is 76.3 Å². The second-order valence-corrected chi connectivity index (χ2v) is 19.4. The predicted molar refractivity (Wildman–Crippen MR) is 235 cm³/mol. The number of thioether (sulfide) groups is 1. The average Bonchev–Trinajstić information content (AvgIpc) is 3.37. The summed E-state index contributed by atoms with van der Waals surface area (Å²) in [5.41, 5.74) is 12.4. The quantitative estimate of drug-likeness (QED) is 0.286. The van der Waals surface area contributed by atoms with E-state index in [1.54, 1.807) is 0 Å². The summed E-state index contributed by atoms with van der Waals surface area (Å²) in [6.45, 7) is 30.4. The highest BCUT2D eigenvalue weighted by Gasteiger charge is 2.32. The van der Waals surface area contributed by atoms with Gasteiger partial charge in [0.1, 0.15) is 17.3 Å². The molecule has 2 unspecified atom stereocenters. The summed E-state index contributed by atoms with van der Waals surface area (Å²) in [6.07, 6.45) is 15.3. The number of rotatable bonds is 7. The maximum Gasteiger partial charge on any atom is 0.141 e. The zero-order valence-corrected chi connectivity index (χ0v) is 37.4. The lowest BCUT2D eigenvalue weighted by atomic mass is 9.73. The van der Waals surface area contributed by atoms with Crippen LogP contribution in [0.1, 0.15) is 147 Å². The van der Waals surface area contributed by atoms with Gasteiger partial charge in [0, 0.05) is 23.3 Å². The van der Waals surface area contributed by atoms with E-state index in [2.05, 4.69) is 137 Å². The van der Waals surface area contributed by atoms with Crippen molar-refractivity contribution >= 4 is 11.8 Å². The number of hydrogen-bond acceptors (Lipinski definition) is 4. The van der Waals surface area contributed by atoms with E-state index in [1.165, 1.54) is 71.9 Å². The van der Waals surface area contributed by atoms with Crippen molar-refractivity contribution < 1.29 is 9.84 Å². The first-order valence-corrected chi connectivity index (χ1v) is 21.8. The number of aliphatic hydroxyl groups is 1. The molecule has 0 radical (unpaired) electrons. The van der Waals surface area contributed by atoms with Crippen LogP contribution in [0.5, 0.6) is 5.75 Å². The van der Waals surface area contributed by atoms with E-state index in [-0.39, 0.29) is 16.7 Å². The zero-order valence-electron chi connectivity index (χ0n) is 36.6. The molecule has 3 aliphatic carbocycles. The normalized spacial score (nSPS) is 19.7. The van der Waals surface area contributed by atoms with E-state index in [0.29, 0.717) is 11.7 Å². The highest BCUT2D eigenvalue weighted by atomic mass is 32.2. The number of hydrogen-bond donors (Lipinski definition) is 1. The molecule has 0 saturated heterocycles. The Labute approximate surface area is 335 Å². The first-order valence-electron chi connectivity index (χ1n) is 20.8. The maximum atomic E-state index is 10.5. The van der Waals surface area contributed by atoms with Crippen molar-refractivity contribution in [2.45, 2.75) is 160 Å². The Balaban J connectivity index is 0.000000290. The zero-order chi connectivity index (χ0) is 40.4. The highest BCUT2D eigenvalue weighted by Crippen LogP contribution is 2.42. The highest BCUT2D eigenvalue weighted by molar-refractivity contribution is 7.99. The lowest BCUT2D eigenvalue weighted by Crippen LogP contribution is -2.23. The van der Waals surface area contributed by atoms with Gasteiger partial charge in [0.25, 0.3) is 0 Å². The molecule has 296 valence electrons. The topological polar surface area (TPSA) is 53.2 Å². The van der Waals surface area contributed by atoms with Gasteiger partial charge >= 0.3 is 0 Å². The van der Waals surface area contributed by atoms with Gasteiger partial charge in [-0.15, -0.1) is 0 Å². The van der Waals surface area contributed by atoms with Crippen LogP contribution in [0.4, 0.5) is 0 Å². The summed E-state index contributed by atoms with van der Waals surface area (Å²) in [4.78, 5) is 0. The number of aryl methyl sites for hydroxylation is 5. The second kappa shape index (κ2) is 20.1. The van der Waals surface area contributed by atoms with Crippen molar-refractivity contribution in [3.8, 4) is 11.8 Å². The van der Waals surface area contributed by atoms with E-state index in [9.17, 15) is 10.4 Å². The van der Waals surface area contributed by atoms with Crippen LogP contribution in [0, 0.1) is 68.6 Å². The van der Waals surface area contributed by atoms with Gasteiger partial charge in [0.2, 0.25) is 0 Å². The van der Waals surface area contributed by atoms with Crippen LogP contribution in [0.3, 0.4) is 0 Å². The lowest BCUT2D eigenvalue weighted by molar-refractivity contribution is 0.277. The molecule has 1 fully saturated rings. The molecule has 2 aromatic rings. The van der Waals surface area contributed by atoms with Gasteiger partial charge in [0.05, 0.1) is 11.6 Å². The third kappa shape index (κ3) is 12.7. The molecule has 4 heteroatoms. The van der Waals surface area contributed by atoms with E-state index in [4.69, 9.17) is 4.74 Å². The third-order valence-corrected chi connectivity index (χ3v) is 12.9. The molecule has 1 N–H and O–H groups in total. The van der Waals surface area contributed by atoms with Gasteiger partial charge in [0.15, 0.2) is 0 Å². The molecule has 2 atom stereocenters. The standard InChI is InChI=1S/C27H37NOS.C21H30O.C2H6/c1-19-12-13-25(20(2)14-19)29-26-16-22(27(3,4)5)15-21(24(26)17-28)18-30-23-10-8-6-7-9-11-23;1-13-8-14(2)19(15(3)9-13)12-17-11-18(21(5,6)7)10-16(4)20(17)22;1-2/h12-14,16,21,23H,6-11,15,18H2,1-5H3;8-9,11,18,22H,10,12H2,1-7H3;1-2H3. The summed E-state index contributed by atoms with van der Waals surface area (Å²) in [5.74, 6) is 3.87. The number of allylic oxidation sites excluding steroid dienone is 6. The van der Waals surface area contributed by atoms with Gasteiger partial charge < -0.3 is 9.84 Å². The molecule has 0 spiro atoms. The summed E-state index contributed by atoms with van der Waals surface area (Å²) < 4.78 is 6.38. The Morgan fingerprint density at radius 3 is 1.94 bits per heavy atom. The van der Waals surface area contributed by atoms with E-state index < -0.39 is 0 Å². The van der Waals surface area contributed by atoms with Gasteiger partial charge in [-0.1, -0.05) is 128 Å². The summed E-state index contributed by atoms with van der Waals surface area (Å²) in [6, 6.07) is 13.2. The van der Waals surface area contributed by atoms with E-state index in [0.717, 1.165) is 64.1 Å². The molecule has 0 bridgehead atoms. The fourth-order valence-corrected chi connectivity index (χ4v) is 9.37. The van der Waals surface area contributed by atoms with Crippen LogP contribution in [0.2, 0.25) is 0 Å². The van der Waals surface area contributed by atoms with Crippen molar-refractivity contribution in [1.82, 2.24) is 0 Å². The Morgan fingerprint density at radius 2 is 1.41 bits per heavy atom. The van der Waals surface area contributed by atoms with Crippen molar-refractivity contribution in [3.05, 3.63) is 110 Å². The minimum atomic E-state index is 0.0726. The summed E-state index contributed by atoms with van der Waals surface area (Å²) in [5, 5.41) is 21.3. The first kappa shape index (κ1) is 45.2. The summed E-state index contributed by atoms with van der Waals surface area (Å²) >= 11 is 2.09. The smallest absolute Gasteiger partial charge is 0.141 e. The number of nitrogens with zero attached hydrogens (tertiary/aromatic N) is 1. The number of ether oxygens (including phenoxy) is 1. The molecule has 5 rings (SSSR count). The molecular formula is C50H73NO2S. The molecule has 0 heterocycles. The second-order valence-electron chi connectivity index (χ2n) is 18.1.